The van der Waals surface area contributed by atoms with Crippen LogP contribution in [0.5, 0.6) is 0 Å². The number of para-hydroxylation sites is 2. The molecule has 3 aromatic rings. The summed E-state index contributed by atoms with van der Waals surface area (Å²) in [7, 11) is 0. The largest absolute Gasteiger partial charge is 0.341 e. The van der Waals surface area contributed by atoms with Gasteiger partial charge < -0.3 is 9.47 Å². The zero-order valence-corrected chi connectivity index (χ0v) is 15.6. The SMILES string of the molecule is O=C(Cn1c(-c2cccc(Br)c2)nc2ccccc21)N1CCCCC1. The van der Waals surface area contributed by atoms with Gasteiger partial charge in [-0.25, -0.2) is 4.98 Å². The average Bonchev–Trinajstić information content (AvgIpc) is 3.01. The standard InChI is InChI=1S/C20H20BrN3O/c21-16-8-6-7-15(13-16)20-22-17-9-2-3-10-18(17)24(20)14-19(25)23-11-4-1-5-12-23/h2-3,6-10,13H,1,4-5,11-12,14H2. The Morgan fingerprint density at radius 3 is 2.64 bits per heavy atom. The van der Waals surface area contributed by atoms with Crippen LogP contribution in [-0.2, 0) is 11.3 Å². The van der Waals surface area contributed by atoms with Crippen molar-refractivity contribution in [1.29, 1.82) is 0 Å². The van der Waals surface area contributed by atoms with Gasteiger partial charge in [-0.05, 0) is 43.5 Å². The second kappa shape index (κ2) is 7.00. The second-order valence-corrected chi connectivity index (χ2v) is 7.38. The quantitative estimate of drug-likeness (QED) is 0.653. The van der Waals surface area contributed by atoms with Gasteiger partial charge in [-0.15, -0.1) is 0 Å². The number of carbonyl (C=O) groups excluding carboxylic acids is 1. The van der Waals surface area contributed by atoms with Crippen molar-refractivity contribution in [2.75, 3.05) is 13.1 Å². The highest BCUT2D eigenvalue weighted by Gasteiger charge is 2.20. The van der Waals surface area contributed by atoms with Crippen molar-refractivity contribution in [3.63, 3.8) is 0 Å². The van der Waals surface area contributed by atoms with E-state index in [-0.39, 0.29) is 5.91 Å². The minimum absolute atomic E-state index is 0.180. The lowest BCUT2D eigenvalue weighted by Gasteiger charge is -2.27. The first-order valence-electron chi connectivity index (χ1n) is 8.71. The number of fused-ring (bicyclic) bond motifs is 1. The van der Waals surface area contributed by atoms with Crippen molar-refractivity contribution in [3.8, 4) is 11.4 Å². The summed E-state index contributed by atoms with van der Waals surface area (Å²) < 4.78 is 3.06. The van der Waals surface area contributed by atoms with Crippen LogP contribution in [0, 0.1) is 0 Å². The molecule has 0 radical (unpaired) electrons. The summed E-state index contributed by atoms with van der Waals surface area (Å²) in [6.45, 7) is 2.08. The lowest BCUT2D eigenvalue weighted by molar-refractivity contribution is -0.132. The number of rotatable bonds is 3. The molecule has 0 bridgehead atoms. The molecule has 1 saturated heterocycles. The molecule has 0 aliphatic carbocycles. The van der Waals surface area contributed by atoms with E-state index in [1.54, 1.807) is 0 Å². The van der Waals surface area contributed by atoms with E-state index in [1.807, 2.05) is 58.0 Å². The molecular weight excluding hydrogens is 378 g/mol. The van der Waals surface area contributed by atoms with Crippen LogP contribution in [0.4, 0.5) is 0 Å². The Morgan fingerprint density at radius 1 is 1.04 bits per heavy atom. The minimum atomic E-state index is 0.180. The molecule has 0 atom stereocenters. The monoisotopic (exact) mass is 397 g/mol. The summed E-state index contributed by atoms with van der Waals surface area (Å²) >= 11 is 3.53. The van der Waals surface area contributed by atoms with E-state index in [0.29, 0.717) is 6.54 Å². The number of benzene rings is 2. The Kier molecular flexibility index (Phi) is 4.57. The first-order valence-corrected chi connectivity index (χ1v) is 9.51. The average molecular weight is 398 g/mol. The Morgan fingerprint density at radius 2 is 1.84 bits per heavy atom. The fourth-order valence-electron chi connectivity index (χ4n) is 3.46. The van der Waals surface area contributed by atoms with Crippen LogP contribution in [0.25, 0.3) is 22.4 Å². The Hall–Kier alpha value is -2.14. The van der Waals surface area contributed by atoms with E-state index in [1.165, 1.54) is 6.42 Å². The van der Waals surface area contributed by atoms with Crippen molar-refractivity contribution < 1.29 is 4.79 Å². The molecular formula is C20H20BrN3O. The third kappa shape index (κ3) is 3.33. The summed E-state index contributed by atoms with van der Waals surface area (Å²) in [6, 6.07) is 16.1. The summed E-state index contributed by atoms with van der Waals surface area (Å²) in [5.41, 5.74) is 2.93. The van der Waals surface area contributed by atoms with Crippen LogP contribution in [0.1, 0.15) is 19.3 Å². The third-order valence-corrected chi connectivity index (χ3v) is 5.23. The van der Waals surface area contributed by atoms with Gasteiger partial charge in [0.05, 0.1) is 11.0 Å². The Labute approximate surface area is 155 Å². The van der Waals surface area contributed by atoms with Crippen LogP contribution in [-0.4, -0.2) is 33.4 Å². The first kappa shape index (κ1) is 16.3. The van der Waals surface area contributed by atoms with Crippen LogP contribution < -0.4 is 0 Å². The molecule has 1 aliphatic heterocycles. The molecule has 5 heteroatoms. The lowest BCUT2D eigenvalue weighted by Crippen LogP contribution is -2.37. The number of amides is 1. The van der Waals surface area contributed by atoms with Crippen LogP contribution in [0.15, 0.2) is 53.0 Å². The maximum absolute atomic E-state index is 12.8. The molecule has 0 unspecified atom stereocenters. The highest BCUT2D eigenvalue weighted by atomic mass is 79.9. The summed E-state index contributed by atoms with van der Waals surface area (Å²) in [4.78, 5) is 19.6. The number of piperidine rings is 1. The molecule has 4 nitrogen and oxygen atoms in total. The van der Waals surface area contributed by atoms with Crippen molar-refractivity contribution >= 4 is 32.9 Å². The fraction of sp³-hybridized carbons (Fsp3) is 0.300. The molecule has 1 amide bonds. The maximum atomic E-state index is 12.8. The smallest absolute Gasteiger partial charge is 0.242 e. The minimum Gasteiger partial charge on any atom is -0.341 e. The van der Waals surface area contributed by atoms with Crippen molar-refractivity contribution in [2.45, 2.75) is 25.8 Å². The van der Waals surface area contributed by atoms with E-state index in [9.17, 15) is 4.79 Å². The van der Waals surface area contributed by atoms with Gasteiger partial charge in [0.2, 0.25) is 5.91 Å². The van der Waals surface area contributed by atoms with Crippen molar-refractivity contribution in [1.82, 2.24) is 14.5 Å². The van der Waals surface area contributed by atoms with Gasteiger partial charge in [-0.3, -0.25) is 4.79 Å². The molecule has 2 heterocycles. The molecule has 128 valence electrons. The number of aromatic nitrogens is 2. The van der Waals surface area contributed by atoms with E-state index < -0.39 is 0 Å². The van der Waals surface area contributed by atoms with E-state index in [4.69, 9.17) is 4.98 Å². The number of halogens is 1. The predicted octanol–water partition coefficient (Wildman–Crippen LogP) is 4.48. The fourth-order valence-corrected chi connectivity index (χ4v) is 3.86. The van der Waals surface area contributed by atoms with Crippen LogP contribution in [0.2, 0.25) is 0 Å². The number of carbonyl (C=O) groups is 1. The van der Waals surface area contributed by atoms with Gasteiger partial charge in [0.15, 0.2) is 0 Å². The van der Waals surface area contributed by atoms with Crippen molar-refractivity contribution in [3.05, 3.63) is 53.0 Å². The molecule has 0 saturated carbocycles. The molecule has 4 rings (SSSR count). The van der Waals surface area contributed by atoms with Gasteiger partial charge in [0, 0.05) is 23.1 Å². The Bertz CT molecular complexity index is 912. The van der Waals surface area contributed by atoms with Crippen LogP contribution in [0.3, 0.4) is 0 Å². The van der Waals surface area contributed by atoms with E-state index >= 15 is 0 Å². The summed E-state index contributed by atoms with van der Waals surface area (Å²) in [5.74, 6) is 1.02. The van der Waals surface area contributed by atoms with Crippen molar-refractivity contribution in [2.24, 2.45) is 0 Å². The number of likely N-dealkylation sites (tertiary alicyclic amines) is 1. The molecule has 1 fully saturated rings. The molecule has 0 spiro atoms. The highest BCUT2D eigenvalue weighted by Crippen LogP contribution is 2.27. The number of hydrogen-bond acceptors (Lipinski definition) is 2. The molecule has 2 aromatic carbocycles. The normalized spacial score (nSPS) is 14.8. The van der Waals surface area contributed by atoms with Crippen LogP contribution >= 0.6 is 15.9 Å². The van der Waals surface area contributed by atoms with Gasteiger partial charge in [-0.2, -0.15) is 0 Å². The zero-order chi connectivity index (χ0) is 17.2. The Balaban J connectivity index is 1.75. The van der Waals surface area contributed by atoms with Gasteiger partial charge in [0.25, 0.3) is 0 Å². The third-order valence-electron chi connectivity index (χ3n) is 4.74. The summed E-state index contributed by atoms with van der Waals surface area (Å²) in [6.07, 6.45) is 3.44. The molecule has 1 aliphatic rings. The van der Waals surface area contributed by atoms with E-state index in [0.717, 1.165) is 52.8 Å². The molecule has 0 N–H and O–H groups in total. The first-order chi connectivity index (χ1) is 12.2. The number of hydrogen-bond donors (Lipinski definition) is 0. The zero-order valence-electron chi connectivity index (χ0n) is 14.0. The number of imidazole rings is 1. The second-order valence-electron chi connectivity index (χ2n) is 6.46. The topological polar surface area (TPSA) is 38.1 Å². The lowest BCUT2D eigenvalue weighted by atomic mass is 10.1. The van der Waals surface area contributed by atoms with Gasteiger partial charge in [0.1, 0.15) is 12.4 Å². The van der Waals surface area contributed by atoms with Gasteiger partial charge >= 0.3 is 0 Å². The highest BCUT2D eigenvalue weighted by molar-refractivity contribution is 9.10. The summed E-state index contributed by atoms with van der Waals surface area (Å²) in [5, 5.41) is 0. The predicted molar refractivity (Wildman–Crippen MR) is 103 cm³/mol. The maximum Gasteiger partial charge on any atom is 0.242 e. The van der Waals surface area contributed by atoms with Gasteiger partial charge in [-0.1, -0.05) is 40.2 Å². The molecule has 1 aromatic heterocycles. The number of nitrogens with zero attached hydrogens (tertiary/aromatic N) is 3. The van der Waals surface area contributed by atoms with E-state index in [2.05, 4.69) is 15.9 Å². The molecule has 25 heavy (non-hydrogen) atoms.